The minimum Gasteiger partial charge on any atom is -0.430 e. The first-order chi connectivity index (χ1) is 11.6. The quantitative estimate of drug-likeness (QED) is 0.695. The van der Waals surface area contributed by atoms with E-state index in [0.29, 0.717) is 5.82 Å². The second kappa shape index (κ2) is 6.73. The van der Waals surface area contributed by atoms with E-state index in [1.54, 1.807) is 24.5 Å². The Bertz CT molecular complexity index is 938. The average molecular weight is 327 g/mol. The molecule has 0 saturated heterocycles. The summed E-state index contributed by atoms with van der Waals surface area (Å²) in [5.41, 5.74) is -0.594. The van der Waals surface area contributed by atoms with Gasteiger partial charge >= 0.3 is 5.63 Å². The van der Waals surface area contributed by atoms with Crippen LogP contribution in [-0.2, 0) is 6.54 Å². The van der Waals surface area contributed by atoms with Crippen LogP contribution in [0.4, 0.5) is 0 Å². The number of aromatic nitrogens is 4. The molecular formula is C15H13N5O4. The minimum atomic E-state index is -0.530. The molecule has 3 rings (SSSR count). The molecule has 3 aromatic rings. The number of carbonyl (C=O) groups is 1. The highest BCUT2D eigenvalue weighted by molar-refractivity contribution is 5.93. The van der Waals surface area contributed by atoms with Gasteiger partial charge in [0.25, 0.3) is 11.5 Å². The molecule has 0 aliphatic heterocycles. The third kappa shape index (κ3) is 3.46. The van der Waals surface area contributed by atoms with E-state index in [2.05, 4.69) is 19.9 Å². The van der Waals surface area contributed by atoms with Gasteiger partial charge in [0.15, 0.2) is 5.82 Å². The largest absolute Gasteiger partial charge is 0.430 e. The molecule has 122 valence electrons. The standard InChI is InChI=1S/C15H13N5O4/c21-13-4-3-12(19-8-1-6-17-19)18-20(13)9-7-16-15(23)11-2-5-14(22)24-10-11/h1-6,8,10H,7,9H2,(H,16,23). The normalized spacial score (nSPS) is 10.5. The molecule has 3 heterocycles. The zero-order valence-corrected chi connectivity index (χ0v) is 12.5. The summed E-state index contributed by atoms with van der Waals surface area (Å²) < 4.78 is 7.39. The predicted molar refractivity (Wildman–Crippen MR) is 82.9 cm³/mol. The summed E-state index contributed by atoms with van der Waals surface area (Å²) in [6.07, 6.45) is 4.40. The topological polar surface area (TPSA) is 112 Å². The first kappa shape index (κ1) is 15.4. The van der Waals surface area contributed by atoms with E-state index in [0.717, 1.165) is 12.3 Å². The van der Waals surface area contributed by atoms with Crippen molar-refractivity contribution in [1.82, 2.24) is 24.9 Å². The van der Waals surface area contributed by atoms with Crippen LogP contribution in [-0.4, -0.2) is 32.0 Å². The lowest BCUT2D eigenvalue weighted by Crippen LogP contribution is -2.32. The smallest absolute Gasteiger partial charge is 0.335 e. The fraction of sp³-hybridized carbons (Fsp3) is 0.133. The summed E-state index contributed by atoms with van der Waals surface area (Å²) in [5, 5.41) is 10.9. The van der Waals surface area contributed by atoms with Crippen molar-refractivity contribution >= 4 is 5.91 Å². The number of amides is 1. The van der Waals surface area contributed by atoms with Crippen LogP contribution in [0.1, 0.15) is 10.4 Å². The molecule has 9 heteroatoms. The number of nitrogens with one attached hydrogen (secondary N) is 1. The lowest BCUT2D eigenvalue weighted by molar-refractivity contribution is 0.0949. The molecule has 9 nitrogen and oxygen atoms in total. The van der Waals surface area contributed by atoms with Crippen LogP contribution in [0.25, 0.3) is 5.82 Å². The SMILES string of the molecule is O=C(NCCn1nc(-n2cccn2)ccc1=O)c1ccc(=O)oc1. The number of hydrogen-bond acceptors (Lipinski definition) is 6. The van der Waals surface area contributed by atoms with Gasteiger partial charge in [-0.15, -0.1) is 5.10 Å². The van der Waals surface area contributed by atoms with Crippen molar-refractivity contribution in [2.45, 2.75) is 6.54 Å². The Kier molecular flexibility index (Phi) is 4.32. The fourth-order valence-electron chi connectivity index (χ4n) is 1.99. The van der Waals surface area contributed by atoms with Gasteiger partial charge in [-0.3, -0.25) is 9.59 Å². The summed E-state index contributed by atoms with van der Waals surface area (Å²) in [6.45, 7) is 0.379. The number of carbonyl (C=O) groups excluding carboxylic acids is 1. The monoisotopic (exact) mass is 327 g/mol. The maximum absolute atomic E-state index is 11.9. The third-order valence-corrected chi connectivity index (χ3v) is 3.16. The first-order valence-corrected chi connectivity index (χ1v) is 7.09. The number of nitrogens with zero attached hydrogens (tertiary/aromatic N) is 4. The summed E-state index contributed by atoms with van der Waals surface area (Å²) in [4.78, 5) is 34.6. The van der Waals surface area contributed by atoms with Crippen molar-refractivity contribution in [3.63, 3.8) is 0 Å². The van der Waals surface area contributed by atoms with Crippen LogP contribution >= 0.6 is 0 Å². The summed E-state index contributed by atoms with van der Waals surface area (Å²) in [5.74, 6) is 0.0887. The third-order valence-electron chi connectivity index (χ3n) is 3.16. The van der Waals surface area contributed by atoms with Gasteiger partial charge in [0.1, 0.15) is 6.26 Å². The molecule has 24 heavy (non-hydrogen) atoms. The molecule has 0 aromatic carbocycles. The Balaban J connectivity index is 1.65. The Morgan fingerprint density at radius 1 is 1.21 bits per heavy atom. The van der Waals surface area contributed by atoms with Gasteiger partial charge in [-0.25, -0.2) is 14.2 Å². The van der Waals surface area contributed by atoms with Gasteiger partial charge in [0, 0.05) is 31.1 Å². The van der Waals surface area contributed by atoms with Gasteiger partial charge in [-0.1, -0.05) is 0 Å². The molecule has 0 spiro atoms. The highest BCUT2D eigenvalue weighted by Gasteiger charge is 2.07. The van der Waals surface area contributed by atoms with Gasteiger partial charge in [0.05, 0.1) is 12.1 Å². The van der Waals surface area contributed by atoms with E-state index in [-0.39, 0.29) is 24.2 Å². The average Bonchev–Trinajstić information content (AvgIpc) is 3.11. The summed E-state index contributed by atoms with van der Waals surface area (Å²) >= 11 is 0. The number of rotatable bonds is 5. The molecule has 0 saturated carbocycles. The lowest BCUT2D eigenvalue weighted by atomic mass is 10.3. The molecule has 0 aliphatic carbocycles. The molecule has 0 bridgehead atoms. The molecule has 0 aliphatic rings. The Hall–Kier alpha value is -3.49. The van der Waals surface area contributed by atoms with E-state index in [1.165, 1.54) is 21.5 Å². The van der Waals surface area contributed by atoms with Crippen molar-refractivity contribution in [3.05, 3.63) is 75.3 Å². The fourth-order valence-corrected chi connectivity index (χ4v) is 1.99. The van der Waals surface area contributed by atoms with Crippen LogP contribution in [0, 0.1) is 0 Å². The van der Waals surface area contributed by atoms with Crippen molar-refractivity contribution in [1.29, 1.82) is 0 Å². The Morgan fingerprint density at radius 2 is 2.08 bits per heavy atom. The summed E-state index contributed by atoms with van der Waals surface area (Å²) in [6, 6.07) is 7.22. The maximum Gasteiger partial charge on any atom is 0.335 e. The number of hydrogen-bond donors (Lipinski definition) is 1. The molecule has 1 amide bonds. The second-order valence-corrected chi connectivity index (χ2v) is 4.80. The van der Waals surface area contributed by atoms with Crippen molar-refractivity contribution < 1.29 is 9.21 Å². The molecule has 1 N–H and O–H groups in total. The van der Waals surface area contributed by atoms with Crippen LogP contribution in [0.3, 0.4) is 0 Å². The van der Waals surface area contributed by atoms with Gasteiger partial charge in [0.2, 0.25) is 0 Å². The van der Waals surface area contributed by atoms with Crippen molar-refractivity contribution in [2.24, 2.45) is 0 Å². The van der Waals surface area contributed by atoms with Crippen molar-refractivity contribution in [2.75, 3.05) is 6.54 Å². The van der Waals surface area contributed by atoms with Crippen LogP contribution in [0.15, 0.2) is 63.0 Å². The second-order valence-electron chi connectivity index (χ2n) is 4.80. The van der Waals surface area contributed by atoms with E-state index in [9.17, 15) is 14.4 Å². The van der Waals surface area contributed by atoms with E-state index >= 15 is 0 Å². The molecule has 0 unspecified atom stereocenters. The van der Waals surface area contributed by atoms with E-state index in [4.69, 9.17) is 0 Å². The van der Waals surface area contributed by atoms with E-state index in [1.807, 2.05) is 0 Å². The van der Waals surface area contributed by atoms with Crippen molar-refractivity contribution in [3.8, 4) is 5.82 Å². The van der Waals surface area contributed by atoms with Gasteiger partial charge < -0.3 is 9.73 Å². The molecule has 0 atom stereocenters. The Labute approximate surface area is 135 Å². The van der Waals surface area contributed by atoms with Gasteiger partial charge in [-0.2, -0.15) is 5.10 Å². The predicted octanol–water partition coefficient (Wildman–Crippen LogP) is -0.188. The minimum absolute atomic E-state index is 0.188. The van der Waals surface area contributed by atoms with Crippen LogP contribution in [0.2, 0.25) is 0 Å². The molecule has 0 radical (unpaired) electrons. The zero-order chi connectivity index (χ0) is 16.9. The summed E-state index contributed by atoms with van der Waals surface area (Å²) in [7, 11) is 0. The van der Waals surface area contributed by atoms with Crippen LogP contribution in [0.5, 0.6) is 0 Å². The Morgan fingerprint density at radius 3 is 2.79 bits per heavy atom. The lowest BCUT2D eigenvalue weighted by Gasteiger charge is -2.08. The highest BCUT2D eigenvalue weighted by Crippen LogP contribution is 1.98. The van der Waals surface area contributed by atoms with E-state index < -0.39 is 11.5 Å². The van der Waals surface area contributed by atoms with Gasteiger partial charge in [-0.05, 0) is 18.2 Å². The zero-order valence-electron chi connectivity index (χ0n) is 12.5. The van der Waals surface area contributed by atoms with Crippen LogP contribution < -0.4 is 16.5 Å². The molecular weight excluding hydrogens is 314 g/mol. The molecule has 3 aromatic heterocycles. The highest BCUT2D eigenvalue weighted by atomic mass is 16.4. The maximum atomic E-state index is 11.9. The first-order valence-electron chi connectivity index (χ1n) is 7.09. The molecule has 0 fully saturated rings.